The summed E-state index contributed by atoms with van der Waals surface area (Å²) in [5, 5.41) is 8.91. The van der Waals surface area contributed by atoms with Gasteiger partial charge in [0.1, 0.15) is 11.6 Å². The molecule has 2 nitrogen and oxygen atoms in total. The molecule has 0 radical (unpaired) electrons. The number of para-hydroxylation sites is 1. The van der Waals surface area contributed by atoms with E-state index in [1.807, 2.05) is 24.3 Å². The predicted octanol–water partition coefficient (Wildman–Crippen LogP) is 3.04. The van der Waals surface area contributed by atoms with Crippen LogP contribution in [0.2, 0.25) is 0 Å². The van der Waals surface area contributed by atoms with Crippen molar-refractivity contribution in [2.24, 2.45) is 0 Å². The van der Waals surface area contributed by atoms with Gasteiger partial charge in [-0.2, -0.15) is 0 Å². The van der Waals surface area contributed by atoms with Gasteiger partial charge in [0.25, 0.3) is 0 Å². The predicted molar refractivity (Wildman–Crippen MR) is 69.2 cm³/mol. The van der Waals surface area contributed by atoms with E-state index < -0.39 is 0 Å². The third-order valence-electron chi connectivity index (χ3n) is 2.84. The Morgan fingerprint density at radius 1 is 1.17 bits per heavy atom. The van der Waals surface area contributed by atoms with Crippen LogP contribution in [0.25, 0.3) is 11.1 Å². The molecule has 0 spiro atoms. The number of hydrogen-bond acceptors (Lipinski definition) is 2. The highest BCUT2D eigenvalue weighted by Gasteiger charge is 2.08. The fourth-order valence-electron chi connectivity index (χ4n) is 1.94. The highest BCUT2D eigenvalue weighted by atomic mass is 19.1. The van der Waals surface area contributed by atoms with Crippen molar-refractivity contribution in [1.82, 2.24) is 0 Å². The summed E-state index contributed by atoms with van der Waals surface area (Å²) >= 11 is 0. The number of methoxy groups -OCH3 is 1. The SMILES string of the molecule is COc1ccccc1-c1ccc(F)c(CCO)c1. The van der Waals surface area contributed by atoms with Crippen molar-refractivity contribution in [2.75, 3.05) is 13.7 Å². The molecule has 18 heavy (non-hydrogen) atoms. The number of aliphatic hydroxyl groups is 1. The van der Waals surface area contributed by atoms with E-state index in [2.05, 4.69) is 0 Å². The van der Waals surface area contributed by atoms with Gasteiger partial charge in [-0.3, -0.25) is 0 Å². The van der Waals surface area contributed by atoms with Crippen molar-refractivity contribution in [3.63, 3.8) is 0 Å². The van der Waals surface area contributed by atoms with Gasteiger partial charge in [-0.25, -0.2) is 4.39 Å². The van der Waals surface area contributed by atoms with Gasteiger partial charge in [0.05, 0.1) is 7.11 Å². The van der Waals surface area contributed by atoms with Gasteiger partial charge in [0.15, 0.2) is 0 Å². The summed E-state index contributed by atoms with van der Waals surface area (Å²) in [5.41, 5.74) is 2.32. The number of benzene rings is 2. The van der Waals surface area contributed by atoms with Crippen LogP contribution in [-0.4, -0.2) is 18.8 Å². The Kier molecular flexibility index (Phi) is 3.95. The average Bonchev–Trinajstić information content (AvgIpc) is 2.41. The maximum absolute atomic E-state index is 13.5. The lowest BCUT2D eigenvalue weighted by Crippen LogP contribution is -1.96. The molecule has 0 saturated carbocycles. The average molecular weight is 246 g/mol. The largest absolute Gasteiger partial charge is 0.496 e. The standard InChI is InChI=1S/C15H15FO2/c1-18-15-5-3-2-4-13(15)11-6-7-14(16)12(10-11)8-9-17/h2-7,10,17H,8-9H2,1H3. The zero-order valence-electron chi connectivity index (χ0n) is 10.2. The molecule has 2 rings (SSSR count). The summed E-state index contributed by atoms with van der Waals surface area (Å²) in [6.45, 7) is -0.0632. The van der Waals surface area contributed by atoms with Crippen LogP contribution >= 0.6 is 0 Å². The molecule has 0 aliphatic heterocycles. The molecule has 2 aromatic rings. The Morgan fingerprint density at radius 2 is 1.94 bits per heavy atom. The second-order valence-electron chi connectivity index (χ2n) is 3.98. The van der Waals surface area contributed by atoms with Crippen LogP contribution in [0, 0.1) is 5.82 Å². The zero-order valence-corrected chi connectivity index (χ0v) is 10.2. The Labute approximate surface area is 106 Å². The van der Waals surface area contributed by atoms with E-state index in [0.29, 0.717) is 12.0 Å². The van der Waals surface area contributed by atoms with Crippen LogP contribution in [-0.2, 0) is 6.42 Å². The van der Waals surface area contributed by atoms with Gasteiger partial charge < -0.3 is 9.84 Å². The highest BCUT2D eigenvalue weighted by molar-refractivity contribution is 5.70. The third kappa shape index (κ3) is 2.51. The molecular formula is C15H15FO2. The summed E-state index contributed by atoms with van der Waals surface area (Å²) in [4.78, 5) is 0. The van der Waals surface area contributed by atoms with Crippen LogP contribution < -0.4 is 4.74 Å². The summed E-state index contributed by atoms with van der Waals surface area (Å²) in [6.07, 6.45) is 0.314. The fraction of sp³-hybridized carbons (Fsp3) is 0.200. The lowest BCUT2D eigenvalue weighted by Gasteiger charge is -2.10. The molecule has 0 amide bonds. The second-order valence-corrected chi connectivity index (χ2v) is 3.98. The molecule has 2 aromatic carbocycles. The first-order chi connectivity index (χ1) is 8.76. The third-order valence-corrected chi connectivity index (χ3v) is 2.84. The van der Waals surface area contributed by atoms with Crippen LogP contribution in [0.1, 0.15) is 5.56 Å². The first-order valence-electron chi connectivity index (χ1n) is 5.79. The molecule has 3 heteroatoms. The molecule has 0 atom stereocenters. The van der Waals surface area contributed by atoms with E-state index in [1.54, 1.807) is 19.2 Å². The maximum Gasteiger partial charge on any atom is 0.126 e. The first kappa shape index (κ1) is 12.6. The minimum atomic E-state index is -0.289. The molecule has 0 unspecified atom stereocenters. The molecule has 0 heterocycles. The Morgan fingerprint density at radius 3 is 2.67 bits per heavy atom. The van der Waals surface area contributed by atoms with Gasteiger partial charge in [-0.15, -0.1) is 0 Å². The smallest absolute Gasteiger partial charge is 0.126 e. The van der Waals surface area contributed by atoms with Crippen molar-refractivity contribution >= 4 is 0 Å². The number of ether oxygens (including phenoxy) is 1. The van der Waals surface area contributed by atoms with Gasteiger partial charge in [-0.1, -0.05) is 24.3 Å². The van der Waals surface area contributed by atoms with Crippen molar-refractivity contribution in [3.8, 4) is 16.9 Å². The van der Waals surface area contributed by atoms with E-state index in [0.717, 1.165) is 16.9 Å². The highest BCUT2D eigenvalue weighted by Crippen LogP contribution is 2.30. The minimum Gasteiger partial charge on any atom is -0.496 e. The molecule has 0 saturated heterocycles. The molecule has 94 valence electrons. The summed E-state index contributed by atoms with van der Waals surface area (Å²) in [7, 11) is 1.61. The summed E-state index contributed by atoms with van der Waals surface area (Å²) in [5.74, 6) is 0.460. The van der Waals surface area contributed by atoms with Gasteiger partial charge in [0.2, 0.25) is 0 Å². The van der Waals surface area contributed by atoms with E-state index in [4.69, 9.17) is 9.84 Å². The van der Waals surface area contributed by atoms with Gasteiger partial charge in [0, 0.05) is 12.2 Å². The lowest BCUT2D eigenvalue weighted by atomic mass is 10.0. The molecular weight excluding hydrogens is 231 g/mol. The zero-order chi connectivity index (χ0) is 13.0. The van der Waals surface area contributed by atoms with Crippen LogP contribution in [0.5, 0.6) is 5.75 Å². The van der Waals surface area contributed by atoms with Crippen LogP contribution in [0.4, 0.5) is 4.39 Å². The molecule has 0 aromatic heterocycles. The van der Waals surface area contributed by atoms with Crippen molar-refractivity contribution in [2.45, 2.75) is 6.42 Å². The van der Waals surface area contributed by atoms with E-state index in [-0.39, 0.29) is 12.4 Å². The fourth-order valence-corrected chi connectivity index (χ4v) is 1.94. The molecule has 1 N–H and O–H groups in total. The quantitative estimate of drug-likeness (QED) is 0.898. The first-order valence-corrected chi connectivity index (χ1v) is 5.79. The topological polar surface area (TPSA) is 29.5 Å². The van der Waals surface area contributed by atoms with Crippen LogP contribution in [0.15, 0.2) is 42.5 Å². The number of hydrogen-bond donors (Lipinski definition) is 1. The monoisotopic (exact) mass is 246 g/mol. The lowest BCUT2D eigenvalue weighted by molar-refractivity contribution is 0.297. The van der Waals surface area contributed by atoms with Crippen molar-refractivity contribution in [1.29, 1.82) is 0 Å². The Balaban J connectivity index is 2.47. The number of halogens is 1. The van der Waals surface area contributed by atoms with Gasteiger partial charge >= 0.3 is 0 Å². The maximum atomic E-state index is 13.5. The Hall–Kier alpha value is -1.87. The molecule has 0 aliphatic carbocycles. The number of rotatable bonds is 4. The molecule has 0 bridgehead atoms. The number of aliphatic hydroxyl groups excluding tert-OH is 1. The van der Waals surface area contributed by atoms with E-state index >= 15 is 0 Å². The minimum absolute atomic E-state index is 0.0632. The Bertz CT molecular complexity index is 538. The summed E-state index contributed by atoms with van der Waals surface area (Å²) in [6, 6.07) is 12.5. The normalized spacial score (nSPS) is 10.4. The second kappa shape index (κ2) is 5.65. The van der Waals surface area contributed by atoms with Gasteiger partial charge in [-0.05, 0) is 35.7 Å². The summed E-state index contributed by atoms with van der Waals surface area (Å²) < 4.78 is 18.8. The molecule has 0 fully saturated rings. The van der Waals surface area contributed by atoms with Crippen molar-refractivity contribution < 1.29 is 14.2 Å². The van der Waals surface area contributed by atoms with E-state index in [1.165, 1.54) is 6.07 Å². The van der Waals surface area contributed by atoms with E-state index in [9.17, 15) is 4.39 Å². The van der Waals surface area contributed by atoms with Crippen LogP contribution in [0.3, 0.4) is 0 Å². The molecule has 0 aliphatic rings. The van der Waals surface area contributed by atoms with Crippen molar-refractivity contribution in [3.05, 3.63) is 53.8 Å².